The molecule has 0 aliphatic carbocycles. The Hall–Kier alpha value is -4.57. The minimum absolute atomic E-state index is 0.0399. The van der Waals surface area contributed by atoms with Gasteiger partial charge in [0.05, 0.1) is 42.3 Å². The van der Waals surface area contributed by atoms with Crippen LogP contribution in [-0.2, 0) is 45.9 Å². The molecule has 0 saturated heterocycles. The lowest BCUT2D eigenvalue weighted by Gasteiger charge is -2.29. The van der Waals surface area contributed by atoms with Crippen molar-refractivity contribution in [2.75, 3.05) is 29.6 Å². The number of carbonyl (C=O) groups excluding carboxylic acids is 2. The third-order valence-corrected chi connectivity index (χ3v) is 7.16. The van der Waals surface area contributed by atoms with Gasteiger partial charge in [0.2, 0.25) is 11.9 Å². The Kier molecular flexibility index (Phi) is 13.5. The van der Waals surface area contributed by atoms with Crippen LogP contribution in [0.3, 0.4) is 0 Å². The Morgan fingerprint density at radius 3 is 1.88 bits per heavy atom. The lowest BCUT2D eigenvalue weighted by Crippen LogP contribution is -2.33. The number of nitrogens with zero attached hydrogens (tertiary/aromatic N) is 4. The van der Waals surface area contributed by atoms with Gasteiger partial charge in [0.25, 0.3) is 0 Å². The molecule has 2 aromatic carbocycles. The fraction of sp³-hybridized carbons (Fsp3) is 0.455. The van der Waals surface area contributed by atoms with E-state index in [1.54, 1.807) is 20.8 Å². The number of esters is 1. The molecule has 0 aliphatic heterocycles. The smallest absolute Gasteiger partial charge is 0.416 e. The molecule has 0 aliphatic rings. The van der Waals surface area contributed by atoms with Gasteiger partial charge < -0.3 is 19.3 Å². The molecular weight excluding hydrogens is 687 g/mol. The fourth-order valence-corrected chi connectivity index (χ4v) is 4.90. The summed E-state index contributed by atoms with van der Waals surface area (Å²) < 4.78 is 134. The molecule has 0 bridgehead atoms. The number of carbonyl (C=O) groups is 2. The van der Waals surface area contributed by atoms with Crippen molar-refractivity contribution in [3.63, 3.8) is 0 Å². The largest absolute Gasteiger partial charge is 0.490 e. The summed E-state index contributed by atoms with van der Waals surface area (Å²) in [6.45, 7) is 4.01. The molecule has 0 spiro atoms. The van der Waals surface area contributed by atoms with E-state index in [0.717, 1.165) is 35.5 Å². The van der Waals surface area contributed by atoms with E-state index >= 15 is 0 Å². The first-order valence-electron chi connectivity index (χ1n) is 15.5. The summed E-state index contributed by atoms with van der Waals surface area (Å²) in [7, 11) is 0. The summed E-state index contributed by atoms with van der Waals surface area (Å²) in [4.78, 5) is 35.1. The number of anilines is 2. The van der Waals surface area contributed by atoms with Crippen LogP contribution < -0.4 is 14.5 Å². The number of halogens is 9. The number of ether oxygens (including phenoxy) is 2. The summed E-state index contributed by atoms with van der Waals surface area (Å²) in [5.41, 5.74) is -4.81. The highest BCUT2D eigenvalue weighted by atomic mass is 19.4. The Labute approximate surface area is 282 Å². The quantitative estimate of drug-likeness (QED) is 0.0883. The zero-order chi connectivity index (χ0) is 37.3. The average molecular weight is 723 g/mol. The van der Waals surface area contributed by atoms with Crippen molar-refractivity contribution in [2.45, 2.75) is 78.1 Å². The number of amides is 1. The maximum atomic E-state index is 13.9. The zero-order valence-corrected chi connectivity index (χ0v) is 27.3. The van der Waals surface area contributed by atoms with E-state index in [0.29, 0.717) is 18.6 Å². The van der Waals surface area contributed by atoms with Crippen LogP contribution in [0.25, 0.3) is 0 Å². The molecule has 274 valence electrons. The molecule has 0 atom stereocenters. The van der Waals surface area contributed by atoms with Crippen LogP contribution in [0, 0.1) is 0 Å². The number of hydrogen-bond acceptors (Lipinski definition) is 7. The van der Waals surface area contributed by atoms with Crippen molar-refractivity contribution in [3.05, 3.63) is 76.6 Å². The van der Waals surface area contributed by atoms with Gasteiger partial charge in [-0.2, -0.15) is 39.5 Å². The maximum absolute atomic E-state index is 13.9. The van der Waals surface area contributed by atoms with E-state index in [-0.39, 0.29) is 68.0 Å². The molecule has 0 N–H and O–H groups in total. The lowest BCUT2D eigenvalue weighted by atomic mass is 10.0. The Balaban J connectivity index is 2.11. The minimum atomic E-state index is -5.15. The molecule has 17 heteroatoms. The highest BCUT2D eigenvalue weighted by Gasteiger charge is 2.37. The van der Waals surface area contributed by atoms with Gasteiger partial charge in [-0.25, -0.2) is 9.97 Å². The van der Waals surface area contributed by atoms with Gasteiger partial charge in [-0.3, -0.25) is 9.59 Å². The number of rotatable bonds is 15. The van der Waals surface area contributed by atoms with Crippen LogP contribution in [0.2, 0.25) is 0 Å². The van der Waals surface area contributed by atoms with Gasteiger partial charge in [-0.15, -0.1) is 0 Å². The van der Waals surface area contributed by atoms with Gasteiger partial charge in [-0.1, -0.05) is 6.92 Å². The van der Waals surface area contributed by atoms with Gasteiger partial charge in [-0.05, 0) is 74.2 Å². The topological polar surface area (TPSA) is 84.9 Å². The first-order chi connectivity index (χ1) is 23.4. The van der Waals surface area contributed by atoms with E-state index in [1.165, 1.54) is 4.90 Å². The zero-order valence-electron chi connectivity index (χ0n) is 27.3. The highest BCUT2D eigenvalue weighted by Crippen LogP contribution is 2.38. The van der Waals surface area contributed by atoms with Crippen molar-refractivity contribution in [2.24, 2.45) is 0 Å². The maximum Gasteiger partial charge on any atom is 0.416 e. The third kappa shape index (κ3) is 11.2. The Morgan fingerprint density at radius 1 is 0.760 bits per heavy atom. The van der Waals surface area contributed by atoms with E-state index in [4.69, 9.17) is 9.47 Å². The van der Waals surface area contributed by atoms with E-state index in [2.05, 4.69) is 9.97 Å². The summed E-state index contributed by atoms with van der Waals surface area (Å²) in [6.07, 6.45) is -12.0. The van der Waals surface area contributed by atoms with Crippen LogP contribution in [0.1, 0.15) is 74.3 Å². The van der Waals surface area contributed by atoms with Crippen LogP contribution in [-0.4, -0.2) is 41.6 Å². The van der Waals surface area contributed by atoms with Crippen molar-refractivity contribution < 1.29 is 58.6 Å². The van der Waals surface area contributed by atoms with E-state index in [1.807, 2.05) is 0 Å². The molecule has 0 unspecified atom stereocenters. The van der Waals surface area contributed by atoms with Crippen molar-refractivity contribution in [1.29, 1.82) is 0 Å². The summed E-state index contributed by atoms with van der Waals surface area (Å²) in [6, 6.07) is 3.59. The fourth-order valence-electron chi connectivity index (χ4n) is 4.90. The van der Waals surface area contributed by atoms with Gasteiger partial charge in [0, 0.05) is 38.2 Å². The van der Waals surface area contributed by atoms with Gasteiger partial charge in [0.1, 0.15) is 0 Å². The minimum Gasteiger partial charge on any atom is -0.490 e. The van der Waals surface area contributed by atoms with Gasteiger partial charge >= 0.3 is 24.5 Å². The molecule has 3 aromatic rings. The first kappa shape index (κ1) is 39.9. The van der Waals surface area contributed by atoms with Crippen molar-refractivity contribution >= 4 is 23.5 Å². The molecule has 50 heavy (non-hydrogen) atoms. The molecule has 1 aromatic heterocycles. The molecular formula is C33H35F9N4O4. The molecule has 0 saturated carbocycles. The monoisotopic (exact) mass is 722 g/mol. The van der Waals surface area contributed by atoms with E-state index in [9.17, 15) is 49.1 Å². The molecule has 8 nitrogen and oxygen atoms in total. The lowest BCUT2D eigenvalue weighted by molar-refractivity contribution is -0.144. The summed E-state index contributed by atoms with van der Waals surface area (Å²) >= 11 is 0. The number of aromatic nitrogens is 2. The third-order valence-electron chi connectivity index (χ3n) is 7.16. The Morgan fingerprint density at radius 2 is 1.36 bits per heavy atom. The number of alkyl halides is 9. The van der Waals surface area contributed by atoms with Crippen molar-refractivity contribution in [3.8, 4) is 5.75 Å². The predicted molar refractivity (Wildman–Crippen MR) is 164 cm³/mol. The standard InChI is InChI=1S/C33H35F9N4O4/c1-4-8-28(47)46(5-2)27-11-10-23(31(34,35)36)15-22(27)20-45(19-21-13-24(32(37,38)39)16-25(14-21)33(40,41)42)30-43-17-26(18-44-30)50-12-7-9-29(48)49-6-3/h10-11,13-18H,4-9,12,19-20H2,1-3H3. The normalized spacial score (nSPS) is 12.1. The first-order valence-corrected chi connectivity index (χ1v) is 15.5. The van der Waals surface area contributed by atoms with Crippen molar-refractivity contribution in [1.82, 2.24) is 9.97 Å². The summed E-state index contributed by atoms with van der Waals surface area (Å²) in [5, 5.41) is 0. The molecule has 1 amide bonds. The second-order valence-corrected chi connectivity index (χ2v) is 11.0. The number of benzene rings is 2. The van der Waals surface area contributed by atoms with Gasteiger partial charge in [0.15, 0.2) is 5.75 Å². The van der Waals surface area contributed by atoms with Crippen LogP contribution in [0.5, 0.6) is 5.75 Å². The van der Waals surface area contributed by atoms with E-state index < -0.39 is 65.7 Å². The van der Waals surface area contributed by atoms with Crippen LogP contribution >= 0.6 is 0 Å². The average Bonchev–Trinajstić information content (AvgIpc) is 3.03. The SMILES string of the molecule is CCCC(=O)N(CC)c1ccc(C(F)(F)F)cc1CN(Cc1cc(C(F)(F)F)cc(C(F)(F)F)c1)c1ncc(OCCCC(=O)OCC)cn1. The molecule has 0 fully saturated rings. The van der Waals surface area contributed by atoms with Crippen LogP contribution in [0.15, 0.2) is 48.8 Å². The van der Waals surface area contributed by atoms with Crippen LogP contribution in [0.4, 0.5) is 51.1 Å². The second kappa shape index (κ2) is 16.9. The number of hydrogen-bond donors (Lipinski definition) is 0. The predicted octanol–water partition coefficient (Wildman–Crippen LogP) is 8.61. The Bertz CT molecular complexity index is 1560. The second-order valence-electron chi connectivity index (χ2n) is 11.0. The molecule has 3 rings (SSSR count). The molecule has 1 heterocycles. The molecule has 0 radical (unpaired) electrons. The summed E-state index contributed by atoms with van der Waals surface area (Å²) in [5.74, 6) is -1.02. The highest BCUT2D eigenvalue weighted by molar-refractivity contribution is 5.94.